The van der Waals surface area contributed by atoms with Crippen LogP contribution in [0, 0.1) is 0 Å². The summed E-state index contributed by atoms with van der Waals surface area (Å²) >= 11 is 0. The van der Waals surface area contributed by atoms with Crippen molar-refractivity contribution in [2.45, 2.75) is 6.92 Å². The van der Waals surface area contributed by atoms with Gasteiger partial charge in [-0.05, 0) is 6.67 Å². The maximum atomic E-state index is 4.03. The fourth-order valence-electron chi connectivity index (χ4n) is 0.476. The lowest BCUT2D eigenvalue weighted by molar-refractivity contribution is -0.734. The van der Waals surface area contributed by atoms with Crippen molar-refractivity contribution >= 4 is 5.84 Å². The number of hydrogen-bond acceptors (Lipinski definition) is 1. The largest absolute Gasteiger partial charge is 0.428 e. The van der Waals surface area contributed by atoms with Crippen molar-refractivity contribution < 1.29 is 5.01 Å². The van der Waals surface area contributed by atoms with Crippen LogP contribution in [0.3, 0.4) is 0 Å². The van der Waals surface area contributed by atoms with Gasteiger partial charge in [-0.25, -0.2) is 0 Å². The predicted molar refractivity (Wildman–Crippen MR) is 28.2 cm³/mol. The van der Waals surface area contributed by atoms with Crippen LogP contribution in [0.5, 0.6) is 0 Å². The van der Waals surface area contributed by atoms with E-state index in [1.54, 1.807) is 0 Å². The molecule has 1 rings (SSSR count). The Morgan fingerprint density at radius 3 is 2.71 bits per heavy atom. The molecule has 3 nitrogen and oxygen atoms in total. The average molecular weight is 99.1 g/mol. The summed E-state index contributed by atoms with van der Waals surface area (Å²) in [5.41, 5.74) is 4.03. The number of nitrogens with zero attached hydrogens (tertiary/aromatic N) is 2. The molecule has 0 bridgehead atoms. The first kappa shape index (κ1) is 4.74. The molecule has 0 saturated carbocycles. The van der Waals surface area contributed by atoms with Gasteiger partial charge in [0.05, 0.1) is 7.05 Å². The zero-order valence-corrected chi connectivity index (χ0v) is 4.60. The van der Waals surface area contributed by atoms with Gasteiger partial charge in [0.2, 0.25) is 0 Å². The van der Waals surface area contributed by atoms with Crippen LogP contribution in [0.4, 0.5) is 0 Å². The van der Waals surface area contributed by atoms with Crippen LogP contribution in [0.2, 0.25) is 0 Å². The van der Waals surface area contributed by atoms with E-state index in [1.807, 2.05) is 14.0 Å². The molecule has 0 aliphatic carbocycles. The second-order valence-electron chi connectivity index (χ2n) is 1.63. The Morgan fingerprint density at radius 2 is 2.57 bits per heavy atom. The molecule has 7 heavy (non-hydrogen) atoms. The van der Waals surface area contributed by atoms with E-state index >= 15 is 0 Å². The fourth-order valence-corrected chi connectivity index (χ4v) is 0.476. The Morgan fingerprint density at radius 1 is 1.86 bits per heavy atom. The topological polar surface area (TPSA) is 30.9 Å². The Bertz CT molecular complexity index is 97.1. The molecular weight excluding hydrogens is 90.1 g/mol. The third-order valence-electron chi connectivity index (χ3n) is 1.14. The van der Waals surface area contributed by atoms with Crippen LogP contribution in [0.25, 0.3) is 5.43 Å². The van der Waals surface area contributed by atoms with Gasteiger partial charge in [0.25, 0.3) is 0 Å². The maximum Gasteiger partial charge on any atom is 0.182 e. The molecule has 1 unspecified atom stereocenters. The molecule has 1 aliphatic heterocycles. The van der Waals surface area contributed by atoms with E-state index in [1.165, 1.54) is 0 Å². The molecule has 0 aromatic rings. The molecule has 1 heterocycles. The lowest BCUT2D eigenvalue weighted by atomic mass is 10.7. The van der Waals surface area contributed by atoms with Crippen LogP contribution in [-0.4, -0.2) is 19.6 Å². The average Bonchev–Trinajstić information content (AvgIpc) is 1.91. The van der Waals surface area contributed by atoms with Crippen LogP contribution < -0.4 is 5.01 Å². The highest BCUT2D eigenvalue weighted by molar-refractivity contribution is 5.72. The first-order chi connectivity index (χ1) is 3.30. The highest BCUT2D eigenvalue weighted by Gasteiger charge is 1.99. The summed E-state index contributed by atoms with van der Waals surface area (Å²) in [6.45, 7) is 2.63. The molecule has 1 atom stereocenters. The third kappa shape index (κ3) is 0.783. The van der Waals surface area contributed by atoms with Crippen molar-refractivity contribution in [3.05, 3.63) is 5.43 Å². The van der Waals surface area contributed by atoms with E-state index in [9.17, 15) is 0 Å². The maximum absolute atomic E-state index is 4.03. The van der Waals surface area contributed by atoms with E-state index in [2.05, 4.69) is 10.4 Å². The summed E-state index contributed by atoms with van der Waals surface area (Å²) in [5, 5.41) is 1.08. The molecule has 40 valence electrons. The number of hydrogen-bond donors (Lipinski definition) is 1. The van der Waals surface area contributed by atoms with Gasteiger partial charge in [0.15, 0.2) is 5.84 Å². The highest BCUT2D eigenvalue weighted by Crippen LogP contribution is 1.82. The van der Waals surface area contributed by atoms with Crippen LogP contribution >= 0.6 is 0 Å². The van der Waals surface area contributed by atoms with Crippen molar-refractivity contribution in [1.82, 2.24) is 0 Å². The Kier molecular flexibility index (Phi) is 1.08. The number of quaternary nitrogens is 1. The summed E-state index contributed by atoms with van der Waals surface area (Å²) in [7, 11) is 1.98. The molecular formula is C4H9N3. The molecule has 3 heteroatoms. The van der Waals surface area contributed by atoms with Crippen molar-refractivity contribution in [2.75, 3.05) is 13.7 Å². The van der Waals surface area contributed by atoms with E-state index in [4.69, 9.17) is 0 Å². The third-order valence-corrected chi connectivity index (χ3v) is 1.14. The number of amidine groups is 1. The molecule has 0 radical (unpaired) electrons. The molecule has 0 fully saturated rings. The summed E-state index contributed by atoms with van der Waals surface area (Å²) in [5.74, 6) is 1.08. The zero-order valence-electron chi connectivity index (χ0n) is 4.60. The summed E-state index contributed by atoms with van der Waals surface area (Å²) < 4.78 is 0. The number of aliphatic imine (C=N–C) groups is 1. The highest BCUT2D eigenvalue weighted by atomic mass is 15.6. The van der Waals surface area contributed by atoms with Crippen LogP contribution in [0.1, 0.15) is 6.92 Å². The van der Waals surface area contributed by atoms with E-state index < -0.39 is 0 Å². The van der Waals surface area contributed by atoms with E-state index in [-0.39, 0.29) is 0 Å². The smallest absolute Gasteiger partial charge is 0.182 e. The minimum Gasteiger partial charge on any atom is -0.428 e. The standard InChI is InChI=1S/C4H9N3/c1-4-5-3-6-7(4)2/h7H,3H2,1-2H3. The fraction of sp³-hybridized carbons (Fsp3) is 0.750. The molecule has 0 amide bonds. The lowest BCUT2D eigenvalue weighted by Gasteiger charge is -2.15. The molecule has 1 aliphatic rings. The summed E-state index contributed by atoms with van der Waals surface area (Å²) in [4.78, 5) is 4.03. The van der Waals surface area contributed by atoms with Gasteiger partial charge in [-0.15, -0.1) is 0 Å². The molecule has 0 saturated heterocycles. The zero-order chi connectivity index (χ0) is 5.28. The number of nitrogens with one attached hydrogen (secondary N) is 1. The van der Waals surface area contributed by atoms with Gasteiger partial charge < -0.3 is 10.4 Å². The molecule has 0 aromatic heterocycles. The normalized spacial score (nSPS) is 30.6. The van der Waals surface area contributed by atoms with E-state index in [0.717, 1.165) is 10.8 Å². The minimum absolute atomic E-state index is 0.650. The SMILES string of the molecule is CC1=NC[N-][NH+]1C. The first-order valence-electron chi connectivity index (χ1n) is 2.33. The van der Waals surface area contributed by atoms with Crippen molar-refractivity contribution in [1.29, 1.82) is 0 Å². The second-order valence-corrected chi connectivity index (χ2v) is 1.63. The number of rotatable bonds is 0. The Labute approximate surface area is 43.0 Å². The van der Waals surface area contributed by atoms with Gasteiger partial charge >= 0.3 is 0 Å². The lowest BCUT2D eigenvalue weighted by Crippen LogP contribution is -3.05. The summed E-state index contributed by atoms with van der Waals surface area (Å²) in [6.07, 6.45) is 0. The van der Waals surface area contributed by atoms with Crippen LogP contribution in [-0.2, 0) is 0 Å². The van der Waals surface area contributed by atoms with Gasteiger partial charge in [-0.3, -0.25) is 4.99 Å². The second kappa shape index (κ2) is 1.60. The molecule has 1 N–H and O–H groups in total. The van der Waals surface area contributed by atoms with Crippen molar-refractivity contribution in [3.8, 4) is 0 Å². The molecule has 0 spiro atoms. The van der Waals surface area contributed by atoms with Gasteiger partial charge in [0, 0.05) is 6.92 Å². The first-order valence-corrected chi connectivity index (χ1v) is 2.33. The van der Waals surface area contributed by atoms with Crippen molar-refractivity contribution in [3.63, 3.8) is 0 Å². The van der Waals surface area contributed by atoms with E-state index in [0.29, 0.717) is 6.67 Å². The monoisotopic (exact) mass is 99.1 g/mol. The predicted octanol–water partition coefficient (Wildman–Crippen LogP) is -0.821. The van der Waals surface area contributed by atoms with Crippen molar-refractivity contribution in [2.24, 2.45) is 4.99 Å². The molecule has 0 aromatic carbocycles. The summed E-state index contributed by atoms with van der Waals surface area (Å²) in [6, 6.07) is 0. The minimum atomic E-state index is 0.650. The Hall–Kier alpha value is -0.410. The Balaban J connectivity index is 2.54. The van der Waals surface area contributed by atoms with Crippen LogP contribution in [0.15, 0.2) is 4.99 Å². The quantitative estimate of drug-likeness (QED) is 0.411. The van der Waals surface area contributed by atoms with Gasteiger partial charge in [0.1, 0.15) is 0 Å². The van der Waals surface area contributed by atoms with Gasteiger partial charge in [-0.2, -0.15) is 0 Å². The van der Waals surface area contributed by atoms with Gasteiger partial charge in [-0.1, -0.05) is 0 Å².